The van der Waals surface area contributed by atoms with Crippen molar-refractivity contribution >= 4 is 28.8 Å². The highest BCUT2D eigenvalue weighted by Crippen LogP contribution is 2.28. The highest BCUT2D eigenvalue weighted by Gasteiger charge is 2.30. The van der Waals surface area contributed by atoms with Crippen molar-refractivity contribution in [1.29, 1.82) is 0 Å². The van der Waals surface area contributed by atoms with Crippen LogP contribution in [-0.4, -0.2) is 59.8 Å². The zero-order valence-electron chi connectivity index (χ0n) is 16.8. The summed E-state index contributed by atoms with van der Waals surface area (Å²) in [7, 11) is 3.87. The number of anilines is 2. The van der Waals surface area contributed by atoms with Gasteiger partial charge >= 0.3 is 6.09 Å². The van der Waals surface area contributed by atoms with E-state index >= 15 is 0 Å². The quantitative estimate of drug-likeness (QED) is 0.890. The minimum atomic E-state index is -0.487. The predicted octanol–water partition coefficient (Wildman–Crippen LogP) is 3.51. The summed E-state index contributed by atoms with van der Waals surface area (Å²) in [6, 6.07) is 8.00. The molecule has 1 aliphatic heterocycles. The maximum Gasteiger partial charge on any atom is 0.410 e. The van der Waals surface area contributed by atoms with Crippen molar-refractivity contribution in [1.82, 2.24) is 14.9 Å². The molecule has 0 aliphatic carbocycles. The second-order valence-corrected chi connectivity index (χ2v) is 7.97. The van der Waals surface area contributed by atoms with Gasteiger partial charge in [0.15, 0.2) is 11.6 Å². The number of carbonyl (C=O) groups excluding carboxylic acids is 1. The van der Waals surface area contributed by atoms with Crippen LogP contribution in [0.15, 0.2) is 24.3 Å². The third kappa shape index (κ3) is 4.40. The van der Waals surface area contributed by atoms with Crippen LogP contribution < -0.4 is 10.2 Å². The topological polar surface area (TPSA) is 70.6 Å². The van der Waals surface area contributed by atoms with Crippen molar-refractivity contribution in [3.63, 3.8) is 0 Å². The number of aromatic nitrogens is 2. The summed E-state index contributed by atoms with van der Waals surface area (Å²) in [5.74, 6) is 1.54. The van der Waals surface area contributed by atoms with Crippen LogP contribution in [-0.2, 0) is 4.74 Å². The van der Waals surface area contributed by atoms with Gasteiger partial charge in [0.2, 0.25) is 0 Å². The molecule has 1 N–H and O–H groups in total. The van der Waals surface area contributed by atoms with Gasteiger partial charge in [-0.2, -0.15) is 0 Å². The number of rotatable bonds is 3. The summed E-state index contributed by atoms with van der Waals surface area (Å²) in [6.45, 7) is 7.01. The van der Waals surface area contributed by atoms with E-state index < -0.39 is 5.60 Å². The summed E-state index contributed by atoms with van der Waals surface area (Å²) in [5, 5.41) is 3.15. The van der Waals surface area contributed by atoms with Crippen molar-refractivity contribution < 1.29 is 9.53 Å². The number of nitrogens with one attached hydrogen (secondary N) is 1. The molecule has 27 heavy (non-hydrogen) atoms. The lowest BCUT2D eigenvalue weighted by Crippen LogP contribution is -2.50. The minimum Gasteiger partial charge on any atom is -0.444 e. The zero-order valence-corrected chi connectivity index (χ0v) is 16.8. The Balaban J connectivity index is 1.81. The Kier molecular flexibility index (Phi) is 5.39. The molecule has 2 heterocycles. The first-order valence-electron chi connectivity index (χ1n) is 9.44. The second kappa shape index (κ2) is 7.58. The van der Waals surface area contributed by atoms with Gasteiger partial charge < -0.3 is 19.9 Å². The molecule has 1 aliphatic rings. The molecular weight excluding hydrogens is 342 g/mol. The molecule has 2 aromatic rings. The maximum absolute atomic E-state index is 12.5. The van der Waals surface area contributed by atoms with Gasteiger partial charge in [0, 0.05) is 33.2 Å². The summed E-state index contributed by atoms with van der Waals surface area (Å²) in [4.78, 5) is 25.9. The number of piperidine rings is 1. The van der Waals surface area contributed by atoms with Gasteiger partial charge in [0.05, 0.1) is 11.0 Å². The van der Waals surface area contributed by atoms with E-state index in [0.29, 0.717) is 6.54 Å². The van der Waals surface area contributed by atoms with Gasteiger partial charge in [0.1, 0.15) is 5.60 Å². The minimum absolute atomic E-state index is 0.161. The van der Waals surface area contributed by atoms with Crippen molar-refractivity contribution in [2.75, 3.05) is 37.4 Å². The van der Waals surface area contributed by atoms with Gasteiger partial charge in [0.25, 0.3) is 0 Å². The number of para-hydroxylation sites is 2. The van der Waals surface area contributed by atoms with Crippen molar-refractivity contribution in [2.45, 2.75) is 45.3 Å². The van der Waals surface area contributed by atoms with E-state index in [1.165, 1.54) is 0 Å². The molecule has 1 amide bonds. The lowest BCUT2D eigenvalue weighted by molar-refractivity contribution is 0.0199. The molecule has 1 saturated heterocycles. The van der Waals surface area contributed by atoms with E-state index in [-0.39, 0.29) is 12.1 Å². The molecule has 3 rings (SSSR count). The van der Waals surface area contributed by atoms with E-state index in [2.05, 4.69) is 10.2 Å². The van der Waals surface area contributed by atoms with E-state index in [1.807, 2.05) is 59.1 Å². The summed E-state index contributed by atoms with van der Waals surface area (Å²) < 4.78 is 5.54. The van der Waals surface area contributed by atoms with Crippen LogP contribution in [0.2, 0.25) is 0 Å². The van der Waals surface area contributed by atoms with Crippen LogP contribution in [0.5, 0.6) is 0 Å². The number of benzene rings is 1. The second-order valence-electron chi connectivity index (χ2n) is 7.97. The third-order valence-corrected chi connectivity index (χ3v) is 4.72. The number of fused-ring (bicyclic) bond motifs is 1. The Labute approximate surface area is 160 Å². The molecule has 7 nitrogen and oxygen atoms in total. The van der Waals surface area contributed by atoms with Crippen LogP contribution in [0.25, 0.3) is 11.0 Å². The normalized spacial score (nSPS) is 17.7. The Morgan fingerprint density at radius 3 is 2.56 bits per heavy atom. The van der Waals surface area contributed by atoms with Crippen LogP contribution in [0.1, 0.15) is 33.6 Å². The number of amides is 1. The number of hydrogen-bond acceptors (Lipinski definition) is 6. The molecule has 0 radical (unpaired) electrons. The number of likely N-dealkylation sites (tertiary alicyclic amines) is 1. The molecule has 146 valence electrons. The first-order chi connectivity index (χ1) is 12.8. The van der Waals surface area contributed by atoms with Crippen molar-refractivity contribution in [2.24, 2.45) is 0 Å². The highest BCUT2D eigenvalue weighted by molar-refractivity contribution is 5.80. The molecule has 1 atom stereocenters. The predicted molar refractivity (Wildman–Crippen MR) is 108 cm³/mol. The number of hydrogen-bond donors (Lipinski definition) is 1. The van der Waals surface area contributed by atoms with Gasteiger partial charge in [-0.05, 0) is 45.7 Å². The van der Waals surface area contributed by atoms with Crippen LogP contribution in [0.4, 0.5) is 16.4 Å². The standard InChI is InChI=1S/C20H29N5O2/c1-20(2,3)27-19(26)25-12-8-9-14(13-25)24(5)18-17(21-4)22-15-10-6-7-11-16(15)23-18/h6-7,10-11,14H,8-9,12-13H2,1-5H3,(H,21,22). The third-order valence-electron chi connectivity index (χ3n) is 4.72. The van der Waals surface area contributed by atoms with E-state index in [0.717, 1.165) is 42.1 Å². The number of ether oxygens (including phenoxy) is 1. The average molecular weight is 371 g/mol. The smallest absolute Gasteiger partial charge is 0.410 e. The van der Waals surface area contributed by atoms with Crippen molar-refractivity contribution in [3.8, 4) is 0 Å². The fourth-order valence-electron chi connectivity index (χ4n) is 3.34. The Hall–Kier alpha value is -2.57. The first kappa shape index (κ1) is 19.2. The largest absolute Gasteiger partial charge is 0.444 e. The molecule has 1 aromatic carbocycles. The zero-order chi connectivity index (χ0) is 19.6. The molecule has 1 aromatic heterocycles. The molecule has 7 heteroatoms. The van der Waals surface area contributed by atoms with Crippen LogP contribution >= 0.6 is 0 Å². The molecule has 0 saturated carbocycles. The molecule has 1 fully saturated rings. The average Bonchev–Trinajstić information content (AvgIpc) is 2.65. The highest BCUT2D eigenvalue weighted by atomic mass is 16.6. The maximum atomic E-state index is 12.5. The van der Waals surface area contributed by atoms with Crippen molar-refractivity contribution in [3.05, 3.63) is 24.3 Å². The van der Waals surface area contributed by atoms with E-state index in [1.54, 1.807) is 4.90 Å². The fraction of sp³-hybridized carbons (Fsp3) is 0.550. The first-order valence-corrected chi connectivity index (χ1v) is 9.44. The monoisotopic (exact) mass is 371 g/mol. The molecule has 1 unspecified atom stereocenters. The van der Waals surface area contributed by atoms with Crippen LogP contribution in [0, 0.1) is 0 Å². The number of carbonyl (C=O) groups is 1. The van der Waals surface area contributed by atoms with Gasteiger partial charge in [-0.1, -0.05) is 12.1 Å². The van der Waals surface area contributed by atoms with E-state index in [4.69, 9.17) is 14.7 Å². The number of nitrogens with zero attached hydrogens (tertiary/aromatic N) is 4. The van der Waals surface area contributed by atoms with E-state index in [9.17, 15) is 4.79 Å². The summed E-state index contributed by atoms with van der Waals surface area (Å²) >= 11 is 0. The number of likely N-dealkylation sites (N-methyl/N-ethyl adjacent to an activating group) is 1. The molecular formula is C20H29N5O2. The Morgan fingerprint density at radius 2 is 1.93 bits per heavy atom. The van der Waals surface area contributed by atoms with Crippen LogP contribution in [0.3, 0.4) is 0 Å². The van der Waals surface area contributed by atoms with Gasteiger partial charge in [-0.25, -0.2) is 14.8 Å². The SMILES string of the molecule is CNc1nc2ccccc2nc1N(C)C1CCCN(C(=O)OC(C)(C)C)C1. The Bertz CT molecular complexity index is 818. The lowest BCUT2D eigenvalue weighted by Gasteiger charge is -2.38. The molecule has 0 bridgehead atoms. The summed E-state index contributed by atoms with van der Waals surface area (Å²) in [6.07, 6.45) is 1.68. The lowest BCUT2D eigenvalue weighted by atomic mass is 10.0. The Morgan fingerprint density at radius 1 is 1.26 bits per heavy atom. The van der Waals surface area contributed by atoms with Gasteiger partial charge in [-0.3, -0.25) is 0 Å². The molecule has 0 spiro atoms. The summed E-state index contributed by atoms with van der Waals surface area (Å²) in [5.41, 5.74) is 1.23. The fourth-order valence-corrected chi connectivity index (χ4v) is 3.34. The van der Waals surface area contributed by atoms with Gasteiger partial charge in [-0.15, -0.1) is 0 Å².